The SMILES string of the molecule is CN1CCN(NC(=S)NCC2CCCO2)CC1. The number of nitrogens with zero attached hydrogens (tertiary/aromatic N) is 2. The highest BCUT2D eigenvalue weighted by Crippen LogP contribution is 2.10. The summed E-state index contributed by atoms with van der Waals surface area (Å²) in [5.41, 5.74) is 3.23. The molecule has 2 rings (SSSR count). The number of rotatable bonds is 3. The summed E-state index contributed by atoms with van der Waals surface area (Å²) in [5.74, 6) is 0. The fraction of sp³-hybridized carbons (Fsp3) is 0.909. The van der Waals surface area contributed by atoms with Gasteiger partial charge in [0.15, 0.2) is 5.11 Å². The maximum atomic E-state index is 5.54. The molecule has 0 aromatic carbocycles. The van der Waals surface area contributed by atoms with Crippen LogP contribution in [0.4, 0.5) is 0 Å². The summed E-state index contributed by atoms with van der Waals surface area (Å²) < 4.78 is 5.54. The van der Waals surface area contributed by atoms with E-state index in [9.17, 15) is 0 Å². The lowest BCUT2D eigenvalue weighted by atomic mass is 10.2. The molecule has 0 spiro atoms. The van der Waals surface area contributed by atoms with Gasteiger partial charge in [-0.05, 0) is 32.1 Å². The molecule has 1 unspecified atom stereocenters. The van der Waals surface area contributed by atoms with Crippen molar-refractivity contribution in [3.63, 3.8) is 0 Å². The molecular formula is C11H22N4OS. The molecule has 0 radical (unpaired) electrons. The number of hydrogen-bond acceptors (Lipinski definition) is 4. The highest BCUT2D eigenvalue weighted by atomic mass is 32.1. The molecule has 6 heteroatoms. The fourth-order valence-corrected chi connectivity index (χ4v) is 2.33. The van der Waals surface area contributed by atoms with Gasteiger partial charge in [0.25, 0.3) is 0 Å². The summed E-state index contributed by atoms with van der Waals surface area (Å²) in [5, 5.41) is 6.11. The highest BCUT2D eigenvalue weighted by molar-refractivity contribution is 7.80. The Labute approximate surface area is 108 Å². The van der Waals surface area contributed by atoms with E-state index in [2.05, 4.69) is 27.7 Å². The van der Waals surface area contributed by atoms with E-state index in [1.54, 1.807) is 0 Å². The Kier molecular flexibility index (Phi) is 4.97. The molecule has 98 valence electrons. The summed E-state index contributed by atoms with van der Waals surface area (Å²) >= 11 is 5.27. The molecule has 0 saturated carbocycles. The minimum atomic E-state index is 0.335. The maximum Gasteiger partial charge on any atom is 0.181 e. The fourth-order valence-electron chi connectivity index (χ4n) is 2.11. The summed E-state index contributed by atoms with van der Waals surface area (Å²) in [6.45, 7) is 5.91. The van der Waals surface area contributed by atoms with Crippen LogP contribution in [-0.2, 0) is 4.74 Å². The van der Waals surface area contributed by atoms with E-state index in [0.717, 1.165) is 45.8 Å². The Hall–Kier alpha value is -0.430. The lowest BCUT2D eigenvalue weighted by Crippen LogP contribution is -2.55. The molecule has 1 atom stereocenters. The third-order valence-electron chi connectivity index (χ3n) is 3.28. The highest BCUT2D eigenvalue weighted by Gasteiger charge is 2.17. The van der Waals surface area contributed by atoms with E-state index in [0.29, 0.717) is 11.2 Å². The molecule has 0 bridgehead atoms. The van der Waals surface area contributed by atoms with Gasteiger partial charge in [-0.1, -0.05) is 0 Å². The van der Waals surface area contributed by atoms with E-state index in [1.807, 2.05) is 0 Å². The first-order chi connectivity index (χ1) is 8.24. The largest absolute Gasteiger partial charge is 0.376 e. The van der Waals surface area contributed by atoms with Crippen molar-refractivity contribution >= 4 is 17.3 Å². The third kappa shape index (κ3) is 4.39. The summed E-state index contributed by atoms with van der Waals surface area (Å²) in [7, 11) is 2.14. The standard InChI is InChI=1S/C11H22N4OS/c1-14-4-6-15(7-5-14)13-11(17)12-9-10-3-2-8-16-10/h10H,2-9H2,1H3,(H2,12,13,17). The van der Waals surface area contributed by atoms with Gasteiger partial charge in [-0.2, -0.15) is 0 Å². The molecule has 0 aliphatic carbocycles. The van der Waals surface area contributed by atoms with Crippen LogP contribution in [0.1, 0.15) is 12.8 Å². The number of thiocarbonyl (C=S) groups is 1. The van der Waals surface area contributed by atoms with Crippen molar-refractivity contribution in [3.05, 3.63) is 0 Å². The normalized spacial score (nSPS) is 27.0. The minimum Gasteiger partial charge on any atom is -0.376 e. The van der Waals surface area contributed by atoms with Crippen molar-refractivity contribution in [2.75, 3.05) is 46.4 Å². The van der Waals surface area contributed by atoms with E-state index in [-0.39, 0.29) is 0 Å². The first-order valence-corrected chi connectivity index (χ1v) is 6.74. The zero-order chi connectivity index (χ0) is 12.1. The molecule has 2 saturated heterocycles. The second-order valence-electron chi connectivity index (χ2n) is 4.75. The Balaban J connectivity index is 1.60. The smallest absolute Gasteiger partial charge is 0.181 e. The maximum absolute atomic E-state index is 5.54. The van der Waals surface area contributed by atoms with Crippen LogP contribution in [0.25, 0.3) is 0 Å². The summed E-state index contributed by atoms with van der Waals surface area (Å²) in [4.78, 5) is 2.32. The van der Waals surface area contributed by atoms with Gasteiger partial charge in [-0.3, -0.25) is 5.43 Å². The van der Waals surface area contributed by atoms with Gasteiger partial charge in [0.2, 0.25) is 0 Å². The topological polar surface area (TPSA) is 39.8 Å². The predicted molar refractivity (Wildman–Crippen MR) is 71.8 cm³/mol. The number of nitrogens with one attached hydrogen (secondary N) is 2. The molecule has 5 nitrogen and oxygen atoms in total. The first-order valence-electron chi connectivity index (χ1n) is 6.33. The van der Waals surface area contributed by atoms with E-state index < -0.39 is 0 Å². The quantitative estimate of drug-likeness (QED) is 0.683. The first kappa shape index (κ1) is 13.0. The van der Waals surface area contributed by atoms with Crippen LogP contribution >= 0.6 is 12.2 Å². The van der Waals surface area contributed by atoms with Gasteiger partial charge >= 0.3 is 0 Å². The van der Waals surface area contributed by atoms with Gasteiger partial charge in [0.05, 0.1) is 6.10 Å². The van der Waals surface area contributed by atoms with Gasteiger partial charge in [-0.25, -0.2) is 5.01 Å². The molecule has 0 aromatic rings. The second kappa shape index (κ2) is 6.49. The van der Waals surface area contributed by atoms with E-state index in [4.69, 9.17) is 17.0 Å². The van der Waals surface area contributed by atoms with E-state index >= 15 is 0 Å². The van der Waals surface area contributed by atoms with Gasteiger partial charge in [0, 0.05) is 39.3 Å². The zero-order valence-corrected chi connectivity index (χ0v) is 11.3. The third-order valence-corrected chi connectivity index (χ3v) is 3.51. The monoisotopic (exact) mass is 258 g/mol. The lowest BCUT2D eigenvalue weighted by Gasteiger charge is -2.33. The van der Waals surface area contributed by atoms with Crippen molar-refractivity contribution in [3.8, 4) is 0 Å². The van der Waals surface area contributed by atoms with Crippen molar-refractivity contribution in [2.24, 2.45) is 0 Å². The predicted octanol–water partition coefficient (Wildman–Crippen LogP) is -0.208. The Morgan fingerprint density at radius 2 is 2.12 bits per heavy atom. The number of likely N-dealkylation sites (N-methyl/N-ethyl adjacent to an activating group) is 1. The Morgan fingerprint density at radius 3 is 2.76 bits per heavy atom. The average Bonchev–Trinajstić information content (AvgIpc) is 2.83. The van der Waals surface area contributed by atoms with Gasteiger partial charge < -0.3 is 15.0 Å². The number of ether oxygens (including phenoxy) is 1. The molecule has 0 amide bonds. The van der Waals surface area contributed by atoms with Crippen LogP contribution in [-0.4, -0.2) is 67.5 Å². The van der Waals surface area contributed by atoms with Crippen LogP contribution in [0.3, 0.4) is 0 Å². The molecule has 2 heterocycles. The van der Waals surface area contributed by atoms with Gasteiger partial charge in [0.1, 0.15) is 0 Å². The summed E-state index contributed by atoms with van der Waals surface area (Å²) in [6, 6.07) is 0. The summed E-state index contributed by atoms with van der Waals surface area (Å²) in [6.07, 6.45) is 2.65. The molecule has 2 aliphatic heterocycles. The molecule has 17 heavy (non-hydrogen) atoms. The number of hydrogen-bond donors (Lipinski definition) is 2. The van der Waals surface area contributed by atoms with Crippen LogP contribution in [0, 0.1) is 0 Å². The zero-order valence-electron chi connectivity index (χ0n) is 10.4. The van der Waals surface area contributed by atoms with Crippen LogP contribution in [0.2, 0.25) is 0 Å². The van der Waals surface area contributed by atoms with Crippen molar-refractivity contribution in [2.45, 2.75) is 18.9 Å². The Bertz CT molecular complexity index is 250. The van der Waals surface area contributed by atoms with Crippen LogP contribution < -0.4 is 10.7 Å². The van der Waals surface area contributed by atoms with Crippen LogP contribution in [0.5, 0.6) is 0 Å². The van der Waals surface area contributed by atoms with E-state index in [1.165, 1.54) is 6.42 Å². The van der Waals surface area contributed by atoms with Crippen molar-refractivity contribution in [1.82, 2.24) is 20.7 Å². The number of hydrazine groups is 1. The average molecular weight is 258 g/mol. The Morgan fingerprint density at radius 1 is 1.35 bits per heavy atom. The van der Waals surface area contributed by atoms with Crippen molar-refractivity contribution < 1.29 is 4.74 Å². The van der Waals surface area contributed by atoms with Crippen molar-refractivity contribution in [1.29, 1.82) is 0 Å². The molecule has 0 aromatic heterocycles. The number of piperazine rings is 1. The van der Waals surface area contributed by atoms with Crippen LogP contribution in [0.15, 0.2) is 0 Å². The van der Waals surface area contributed by atoms with Gasteiger partial charge in [-0.15, -0.1) is 0 Å². The molecule has 2 fully saturated rings. The molecular weight excluding hydrogens is 236 g/mol. The molecule has 2 aliphatic rings. The second-order valence-corrected chi connectivity index (χ2v) is 5.16. The molecule has 2 N–H and O–H groups in total. The minimum absolute atomic E-state index is 0.335. The lowest BCUT2D eigenvalue weighted by molar-refractivity contribution is 0.111.